The van der Waals surface area contributed by atoms with Crippen molar-refractivity contribution in [2.45, 2.75) is 6.92 Å². The molecule has 0 unspecified atom stereocenters. The van der Waals surface area contributed by atoms with Crippen molar-refractivity contribution < 1.29 is 23.8 Å². The fraction of sp³-hybridized carbons (Fsp3) is 0.333. The van der Waals surface area contributed by atoms with Crippen molar-refractivity contribution in [1.29, 1.82) is 0 Å². The maximum atomic E-state index is 11.8. The van der Waals surface area contributed by atoms with Crippen LogP contribution in [0.25, 0.3) is 0 Å². The summed E-state index contributed by atoms with van der Waals surface area (Å²) in [6.45, 7) is 1.75. The summed E-state index contributed by atoms with van der Waals surface area (Å²) in [7, 11) is 0. The average molecular weight is 276 g/mol. The van der Waals surface area contributed by atoms with E-state index in [1.807, 2.05) is 0 Å². The van der Waals surface area contributed by atoms with Gasteiger partial charge in [0.15, 0.2) is 5.78 Å². The van der Waals surface area contributed by atoms with Gasteiger partial charge in [0.05, 0.1) is 6.61 Å². The van der Waals surface area contributed by atoms with E-state index in [9.17, 15) is 9.59 Å². The second-order valence-corrected chi connectivity index (χ2v) is 3.74. The van der Waals surface area contributed by atoms with Gasteiger partial charge in [-0.3, -0.25) is 4.79 Å². The van der Waals surface area contributed by atoms with Crippen LogP contribution in [-0.2, 0) is 14.3 Å². The second-order valence-electron chi connectivity index (χ2n) is 3.74. The van der Waals surface area contributed by atoms with Gasteiger partial charge < -0.3 is 14.2 Å². The molecule has 0 aliphatic rings. The Morgan fingerprint density at radius 1 is 1.20 bits per heavy atom. The van der Waals surface area contributed by atoms with Crippen LogP contribution in [0.5, 0.6) is 5.75 Å². The summed E-state index contributed by atoms with van der Waals surface area (Å²) in [4.78, 5) is 22.8. The number of hydrogen-bond donors (Lipinski definition) is 0. The lowest BCUT2D eigenvalue weighted by molar-refractivity contribution is -0.147. The molecule has 1 rings (SSSR count). The lowest BCUT2D eigenvalue weighted by Gasteiger charge is -2.05. The molecule has 1 aromatic rings. The van der Waals surface area contributed by atoms with Crippen LogP contribution in [0.15, 0.2) is 24.3 Å². The minimum Gasteiger partial charge on any atom is -0.481 e. The molecule has 0 fully saturated rings. The molecule has 20 heavy (non-hydrogen) atoms. The summed E-state index contributed by atoms with van der Waals surface area (Å²) < 4.78 is 14.8. The van der Waals surface area contributed by atoms with Gasteiger partial charge in [0, 0.05) is 5.56 Å². The van der Waals surface area contributed by atoms with Gasteiger partial charge in [-0.2, -0.15) is 0 Å². The Labute approximate surface area is 117 Å². The van der Waals surface area contributed by atoms with Crippen LogP contribution in [0.1, 0.15) is 17.3 Å². The summed E-state index contributed by atoms with van der Waals surface area (Å²) in [6.07, 6.45) is 5.07. The number of carbonyl (C=O) groups excluding carboxylic acids is 2. The van der Waals surface area contributed by atoms with Crippen LogP contribution in [0, 0.1) is 12.3 Å². The number of Topliss-reactive ketones (excluding diaryl/α,β-unsaturated/α-hetero) is 1. The largest absolute Gasteiger partial charge is 0.481 e. The van der Waals surface area contributed by atoms with Crippen LogP contribution in [0.3, 0.4) is 0 Å². The van der Waals surface area contributed by atoms with Crippen molar-refractivity contribution in [3.05, 3.63) is 29.8 Å². The minimum absolute atomic E-state index is 0.177. The van der Waals surface area contributed by atoms with Crippen molar-refractivity contribution in [1.82, 2.24) is 0 Å². The number of benzene rings is 1. The molecule has 106 valence electrons. The molecule has 1 aromatic carbocycles. The van der Waals surface area contributed by atoms with Gasteiger partial charge in [-0.15, -0.1) is 6.42 Å². The molecular weight excluding hydrogens is 260 g/mol. The van der Waals surface area contributed by atoms with Crippen LogP contribution in [0.4, 0.5) is 0 Å². The molecule has 0 bridgehead atoms. The lowest BCUT2D eigenvalue weighted by Crippen LogP contribution is -2.17. The molecule has 0 saturated heterocycles. The highest BCUT2D eigenvalue weighted by atomic mass is 16.6. The Kier molecular flexibility index (Phi) is 6.87. The molecule has 0 N–H and O–H groups in total. The van der Waals surface area contributed by atoms with Crippen LogP contribution >= 0.6 is 0 Å². The van der Waals surface area contributed by atoms with Gasteiger partial charge in [0.2, 0.25) is 0 Å². The molecule has 0 saturated carbocycles. The summed E-state index contributed by atoms with van der Waals surface area (Å²) in [5.41, 5.74) is 0.474. The third kappa shape index (κ3) is 5.55. The van der Waals surface area contributed by atoms with E-state index < -0.39 is 5.97 Å². The topological polar surface area (TPSA) is 61.8 Å². The molecule has 0 amide bonds. The van der Waals surface area contributed by atoms with E-state index in [1.54, 1.807) is 31.2 Å². The Morgan fingerprint density at radius 3 is 2.50 bits per heavy atom. The first-order chi connectivity index (χ1) is 9.67. The number of ether oxygens (including phenoxy) is 3. The predicted octanol–water partition coefficient (Wildman–Crippen LogP) is 1.46. The third-order valence-electron chi connectivity index (χ3n) is 2.26. The molecule has 0 spiro atoms. The third-order valence-corrected chi connectivity index (χ3v) is 2.26. The lowest BCUT2D eigenvalue weighted by atomic mass is 10.1. The monoisotopic (exact) mass is 276 g/mol. The van der Waals surface area contributed by atoms with Crippen LogP contribution in [0.2, 0.25) is 0 Å². The highest BCUT2D eigenvalue weighted by Gasteiger charge is 2.08. The van der Waals surface area contributed by atoms with Gasteiger partial charge in [-0.1, -0.05) is 5.92 Å². The van der Waals surface area contributed by atoms with E-state index in [2.05, 4.69) is 10.7 Å². The number of hydrogen-bond acceptors (Lipinski definition) is 5. The SMILES string of the molecule is C#CCOc1ccc(C(=O)COCC(=O)OCC)cc1. The Morgan fingerprint density at radius 2 is 1.90 bits per heavy atom. The Balaban J connectivity index is 2.40. The van der Waals surface area contributed by atoms with E-state index in [4.69, 9.17) is 15.9 Å². The van der Waals surface area contributed by atoms with Crippen LogP contribution < -0.4 is 4.74 Å². The standard InChI is InChI=1S/C15H16O5/c1-3-9-20-13-7-5-12(6-8-13)14(16)10-18-11-15(17)19-4-2/h1,5-8H,4,9-11H2,2H3. The fourth-order valence-corrected chi connectivity index (χ4v) is 1.38. The number of terminal acetylenes is 1. The number of carbonyl (C=O) groups is 2. The smallest absolute Gasteiger partial charge is 0.332 e. The van der Waals surface area contributed by atoms with E-state index in [0.29, 0.717) is 11.3 Å². The maximum absolute atomic E-state index is 11.8. The molecule has 5 heteroatoms. The fourth-order valence-electron chi connectivity index (χ4n) is 1.38. The molecule has 0 aliphatic carbocycles. The van der Waals surface area contributed by atoms with Gasteiger partial charge in [0.1, 0.15) is 25.6 Å². The molecule has 0 radical (unpaired) electrons. The highest BCUT2D eigenvalue weighted by molar-refractivity contribution is 5.97. The highest BCUT2D eigenvalue weighted by Crippen LogP contribution is 2.12. The van der Waals surface area contributed by atoms with Crippen molar-refractivity contribution in [3.8, 4) is 18.1 Å². The number of esters is 1. The zero-order chi connectivity index (χ0) is 14.8. The van der Waals surface area contributed by atoms with Crippen molar-refractivity contribution in [2.75, 3.05) is 26.4 Å². The average Bonchev–Trinajstić information content (AvgIpc) is 2.46. The number of rotatable bonds is 8. The van der Waals surface area contributed by atoms with Crippen molar-refractivity contribution >= 4 is 11.8 Å². The van der Waals surface area contributed by atoms with Crippen molar-refractivity contribution in [3.63, 3.8) is 0 Å². The van der Waals surface area contributed by atoms with E-state index in [1.165, 1.54) is 0 Å². The van der Waals surface area contributed by atoms with Gasteiger partial charge in [-0.25, -0.2) is 4.79 Å². The summed E-state index contributed by atoms with van der Waals surface area (Å²) >= 11 is 0. The van der Waals surface area contributed by atoms with Crippen molar-refractivity contribution in [2.24, 2.45) is 0 Å². The predicted molar refractivity (Wildman–Crippen MR) is 72.6 cm³/mol. The Hall–Kier alpha value is -2.32. The first-order valence-electron chi connectivity index (χ1n) is 6.10. The zero-order valence-electron chi connectivity index (χ0n) is 11.3. The van der Waals surface area contributed by atoms with Gasteiger partial charge in [0.25, 0.3) is 0 Å². The van der Waals surface area contributed by atoms with E-state index in [0.717, 1.165) is 0 Å². The first kappa shape index (κ1) is 15.7. The minimum atomic E-state index is -0.488. The molecular formula is C15H16O5. The van der Waals surface area contributed by atoms with Gasteiger partial charge in [-0.05, 0) is 31.2 Å². The quantitative estimate of drug-likeness (QED) is 0.408. The summed E-state index contributed by atoms with van der Waals surface area (Å²) in [5, 5.41) is 0. The van der Waals surface area contributed by atoms with E-state index >= 15 is 0 Å². The molecule has 0 atom stereocenters. The maximum Gasteiger partial charge on any atom is 0.332 e. The molecule has 0 aliphatic heterocycles. The first-order valence-corrected chi connectivity index (χ1v) is 6.10. The normalized spacial score (nSPS) is 9.60. The molecule has 5 nitrogen and oxygen atoms in total. The molecule has 0 aromatic heterocycles. The van der Waals surface area contributed by atoms with Crippen LogP contribution in [-0.4, -0.2) is 38.2 Å². The van der Waals surface area contributed by atoms with E-state index in [-0.39, 0.29) is 32.2 Å². The molecule has 0 heterocycles. The summed E-state index contributed by atoms with van der Waals surface area (Å²) in [6, 6.07) is 6.52. The van der Waals surface area contributed by atoms with Gasteiger partial charge >= 0.3 is 5.97 Å². The zero-order valence-corrected chi connectivity index (χ0v) is 11.3. The summed E-state index contributed by atoms with van der Waals surface area (Å²) in [5.74, 6) is 2.23. The second kappa shape index (κ2) is 8.73. The number of ketones is 1. The Bertz CT molecular complexity index is 484.